The van der Waals surface area contributed by atoms with E-state index in [0.717, 1.165) is 5.56 Å². The molecule has 0 atom stereocenters. The minimum atomic E-state index is 0.00572. The van der Waals surface area contributed by atoms with Crippen molar-refractivity contribution in [1.29, 1.82) is 5.26 Å². The van der Waals surface area contributed by atoms with Crippen LogP contribution in [0.2, 0.25) is 0 Å². The van der Waals surface area contributed by atoms with E-state index in [1.165, 1.54) is 0 Å². The number of nitrogens with one attached hydrogen (secondary N) is 1. The van der Waals surface area contributed by atoms with Crippen molar-refractivity contribution in [3.8, 4) is 29.2 Å². The number of aromatic hydroxyl groups is 1. The quantitative estimate of drug-likeness (QED) is 0.575. The number of phenols is 1. The summed E-state index contributed by atoms with van der Waals surface area (Å²) in [5, 5.41) is 22.4. The largest absolute Gasteiger partial charge is 0.504 e. The molecule has 0 radical (unpaired) electrons. The molecule has 0 bridgehead atoms. The van der Waals surface area contributed by atoms with Crippen molar-refractivity contribution in [2.75, 3.05) is 37.9 Å². The normalized spacial score (nSPS) is 11.7. The van der Waals surface area contributed by atoms with Crippen molar-refractivity contribution in [2.45, 2.75) is 13.3 Å². The standard InChI is InChI=1S/C18H20N4O4/c1-3-24-4-5-25-15-8-14-10(7-13(15)23)6-11-16(20)12(9-19)17(21-2)22-18(11)26-14/h7-8,23H,3-6H2,1-2H3,(H3,20,21,22). The lowest BCUT2D eigenvalue weighted by molar-refractivity contribution is 0.109. The lowest BCUT2D eigenvalue weighted by Crippen LogP contribution is -2.12. The van der Waals surface area contributed by atoms with Crippen LogP contribution in [0.15, 0.2) is 12.1 Å². The van der Waals surface area contributed by atoms with Gasteiger partial charge in [-0.25, -0.2) is 0 Å². The molecule has 0 spiro atoms. The van der Waals surface area contributed by atoms with Gasteiger partial charge in [-0.1, -0.05) is 0 Å². The van der Waals surface area contributed by atoms with E-state index in [4.69, 9.17) is 19.9 Å². The predicted octanol–water partition coefficient (Wildman–Crippen LogP) is 2.39. The first kappa shape index (κ1) is 17.6. The van der Waals surface area contributed by atoms with Crippen molar-refractivity contribution in [3.05, 3.63) is 28.8 Å². The number of benzene rings is 1. The van der Waals surface area contributed by atoms with Gasteiger partial charge in [0, 0.05) is 37.3 Å². The summed E-state index contributed by atoms with van der Waals surface area (Å²) in [6, 6.07) is 5.25. The number of hydrogen-bond donors (Lipinski definition) is 3. The average Bonchev–Trinajstić information content (AvgIpc) is 2.64. The van der Waals surface area contributed by atoms with Gasteiger partial charge in [0.2, 0.25) is 5.88 Å². The van der Waals surface area contributed by atoms with Crippen LogP contribution in [0.25, 0.3) is 0 Å². The molecule has 3 rings (SSSR count). The third-order valence-electron chi connectivity index (χ3n) is 4.06. The van der Waals surface area contributed by atoms with Crippen molar-refractivity contribution in [1.82, 2.24) is 4.98 Å². The number of nitrogens with zero attached hydrogens (tertiary/aromatic N) is 2. The summed E-state index contributed by atoms with van der Waals surface area (Å²) in [6.07, 6.45) is 0.398. The van der Waals surface area contributed by atoms with Gasteiger partial charge in [0.15, 0.2) is 11.5 Å². The molecule has 8 heteroatoms. The third-order valence-corrected chi connectivity index (χ3v) is 4.06. The van der Waals surface area contributed by atoms with E-state index in [2.05, 4.69) is 16.4 Å². The Bertz CT molecular complexity index is 877. The first-order valence-electron chi connectivity index (χ1n) is 8.23. The van der Waals surface area contributed by atoms with Gasteiger partial charge >= 0.3 is 0 Å². The van der Waals surface area contributed by atoms with Gasteiger partial charge in [-0.15, -0.1) is 0 Å². The van der Waals surface area contributed by atoms with Gasteiger partial charge in [-0.3, -0.25) is 0 Å². The second kappa shape index (κ2) is 7.37. The molecule has 0 saturated heterocycles. The lowest BCUT2D eigenvalue weighted by Gasteiger charge is -2.23. The molecule has 2 aromatic rings. The molecule has 0 fully saturated rings. The average molecular weight is 356 g/mol. The van der Waals surface area contributed by atoms with E-state index >= 15 is 0 Å². The van der Waals surface area contributed by atoms with E-state index in [9.17, 15) is 10.4 Å². The first-order valence-corrected chi connectivity index (χ1v) is 8.23. The van der Waals surface area contributed by atoms with Crippen molar-refractivity contribution in [3.63, 3.8) is 0 Å². The number of ether oxygens (including phenoxy) is 3. The number of nitriles is 1. The van der Waals surface area contributed by atoms with Crippen LogP contribution in [0.4, 0.5) is 11.5 Å². The van der Waals surface area contributed by atoms with E-state index in [0.29, 0.717) is 60.7 Å². The summed E-state index contributed by atoms with van der Waals surface area (Å²) in [5.74, 6) is 1.54. The van der Waals surface area contributed by atoms with E-state index < -0.39 is 0 Å². The van der Waals surface area contributed by atoms with Gasteiger partial charge in [-0.05, 0) is 13.0 Å². The molecule has 1 aromatic carbocycles. The molecular weight excluding hydrogens is 336 g/mol. The minimum absolute atomic E-state index is 0.00572. The molecule has 8 nitrogen and oxygen atoms in total. The Morgan fingerprint density at radius 2 is 2.23 bits per heavy atom. The van der Waals surface area contributed by atoms with Crippen LogP contribution in [-0.2, 0) is 11.2 Å². The summed E-state index contributed by atoms with van der Waals surface area (Å²) in [6.45, 7) is 3.25. The Kier molecular flexibility index (Phi) is 5.00. The zero-order valence-corrected chi connectivity index (χ0v) is 14.6. The van der Waals surface area contributed by atoms with Crippen molar-refractivity contribution >= 4 is 11.5 Å². The summed E-state index contributed by atoms with van der Waals surface area (Å²) in [4.78, 5) is 4.34. The van der Waals surface area contributed by atoms with Crippen LogP contribution >= 0.6 is 0 Å². The number of phenolic OH excluding ortho intramolecular Hbond substituents is 1. The SMILES string of the molecule is CCOCCOc1cc2c(cc1O)Cc1c(nc(NC)c(C#N)c1N)O2. The highest BCUT2D eigenvalue weighted by atomic mass is 16.5. The Balaban J connectivity index is 1.91. The van der Waals surface area contributed by atoms with E-state index in [-0.39, 0.29) is 11.3 Å². The summed E-state index contributed by atoms with van der Waals surface area (Å²) in [7, 11) is 1.66. The second-order valence-electron chi connectivity index (χ2n) is 5.65. The number of pyridine rings is 1. The molecule has 136 valence electrons. The number of rotatable bonds is 6. The van der Waals surface area contributed by atoms with Crippen LogP contribution in [-0.4, -0.2) is 37.0 Å². The van der Waals surface area contributed by atoms with Crippen molar-refractivity contribution < 1.29 is 19.3 Å². The van der Waals surface area contributed by atoms with Crippen LogP contribution in [0.5, 0.6) is 23.1 Å². The second-order valence-corrected chi connectivity index (χ2v) is 5.65. The van der Waals surface area contributed by atoms with Crippen LogP contribution < -0.4 is 20.5 Å². The number of fused-ring (bicyclic) bond motifs is 2. The van der Waals surface area contributed by atoms with E-state index in [1.807, 2.05) is 6.92 Å². The fraction of sp³-hybridized carbons (Fsp3) is 0.333. The third kappa shape index (κ3) is 3.17. The summed E-state index contributed by atoms with van der Waals surface area (Å²) in [5.41, 5.74) is 8.09. The predicted molar refractivity (Wildman–Crippen MR) is 95.9 cm³/mol. The molecule has 1 aliphatic heterocycles. The fourth-order valence-corrected chi connectivity index (χ4v) is 2.76. The van der Waals surface area contributed by atoms with Crippen LogP contribution in [0.1, 0.15) is 23.6 Å². The Morgan fingerprint density at radius 1 is 1.42 bits per heavy atom. The molecule has 4 N–H and O–H groups in total. The topological polar surface area (TPSA) is 123 Å². The number of nitrogen functional groups attached to an aromatic ring is 1. The van der Waals surface area contributed by atoms with Crippen LogP contribution in [0, 0.1) is 11.3 Å². The van der Waals surface area contributed by atoms with Crippen LogP contribution in [0.3, 0.4) is 0 Å². The Morgan fingerprint density at radius 3 is 2.92 bits per heavy atom. The van der Waals surface area contributed by atoms with Gasteiger partial charge < -0.3 is 30.4 Å². The number of aromatic nitrogens is 1. The van der Waals surface area contributed by atoms with Gasteiger partial charge in [0.05, 0.1) is 12.3 Å². The molecule has 0 saturated carbocycles. The molecule has 2 heterocycles. The highest BCUT2D eigenvalue weighted by Crippen LogP contribution is 2.44. The van der Waals surface area contributed by atoms with Crippen molar-refractivity contribution in [2.24, 2.45) is 0 Å². The number of nitrogens with two attached hydrogens (primary N) is 1. The smallest absolute Gasteiger partial charge is 0.226 e. The first-order chi connectivity index (χ1) is 12.6. The zero-order chi connectivity index (χ0) is 18.7. The Labute approximate surface area is 151 Å². The van der Waals surface area contributed by atoms with E-state index in [1.54, 1.807) is 19.2 Å². The number of hydrogen-bond acceptors (Lipinski definition) is 8. The fourth-order valence-electron chi connectivity index (χ4n) is 2.76. The summed E-state index contributed by atoms with van der Waals surface area (Å²) >= 11 is 0. The maximum absolute atomic E-state index is 10.2. The molecular formula is C18H20N4O4. The lowest BCUT2D eigenvalue weighted by atomic mass is 9.98. The molecule has 1 aliphatic rings. The highest BCUT2D eigenvalue weighted by molar-refractivity contribution is 5.73. The molecule has 0 amide bonds. The molecule has 0 aliphatic carbocycles. The molecule has 26 heavy (non-hydrogen) atoms. The zero-order valence-electron chi connectivity index (χ0n) is 14.6. The minimum Gasteiger partial charge on any atom is -0.504 e. The molecule has 0 unspecified atom stereocenters. The number of anilines is 2. The Hall–Kier alpha value is -3.18. The maximum atomic E-state index is 10.2. The summed E-state index contributed by atoms with van der Waals surface area (Å²) < 4.78 is 16.6. The molecule has 1 aromatic heterocycles. The van der Waals surface area contributed by atoms with Gasteiger partial charge in [-0.2, -0.15) is 10.2 Å². The van der Waals surface area contributed by atoms with Gasteiger partial charge in [0.1, 0.15) is 29.8 Å². The maximum Gasteiger partial charge on any atom is 0.226 e. The van der Waals surface area contributed by atoms with Gasteiger partial charge in [0.25, 0.3) is 0 Å². The monoisotopic (exact) mass is 356 g/mol. The highest BCUT2D eigenvalue weighted by Gasteiger charge is 2.26.